The summed E-state index contributed by atoms with van der Waals surface area (Å²) < 4.78 is 7.51. The van der Waals surface area contributed by atoms with Gasteiger partial charge in [0.25, 0.3) is 5.56 Å². The Hall–Kier alpha value is -2.07. The third kappa shape index (κ3) is 1.80. The fraction of sp³-hybridized carbons (Fsp3) is 0.545. The van der Waals surface area contributed by atoms with E-state index in [1.165, 1.54) is 11.6 Å². The van der Waals surface area contributed by atoms with Crippen LogP contribution in [0.25, 0.3) is 0 Å². The fourth-order valence-electron chi connectivity index (χ4n) is 2.08. The van der Waals surface area contributed by atoms with Crippen LogP contribution in [0.15, 0.2) is 9.59 Å². The summed E-state index contributed by atoms with van der Waals surface area (Å²) in [7, 11) is 2.93. The predicted molar refractivity (Wildman–Crippen MR) is 64.7 cm³/mol. The number of nitriles is 1. The summed E-state index contributed by atoms with van der Waals surface area (Å²) >= 11 is 0. The molecule has 0 aliphatic carbocycles. The van der Waals surface area contributed by atoms with E-state index in [4.69, 9.17) is 10.00 Å². The molecule has 1 aromatic rings. The molecule has 1 aromatic heterocycles. The molecule has 0 aromatic carbocycles. The molecular weight excluding hydrogens is 236 g/mol. The van der Waals surface area contributed by atoms with Gasteiger partial charge in [0.1, 0.15) is 11.9 Å². The lowest BCUT2D eigenvalue weighted by Crippen LogP contribution is -2.45. The highest BCUT2D eigenvalue weighted by atomic mass is 16.5. The highest BCUT2D eigenvalue weighted by molar-refractivity contribution is 5.53. The van der Waals surface area contributed by atoms with Crippen LogP contribution in [-0.2, 0) is 18.8 Å². The van der Waals surface area contributed by atoms with Crippen molar-refractivity contribution in [2.45, 2.75) is 0 Å². The Morgan fingerprint density at radius 2 is 1.78 bits per heavy atom. The topological polar surface area (TPSA) is 80.3 Å². The van der Waals surface area contributed by atoms with Gasteiger partial charge in [-0.3, -0.25) is 13.9 Å². The summed E-state index contributed by atoms with van der Waals surface area (Å²) in [6.07, 6.45) is 0. The number of aromatic nitrogens is 2. The lowest BCUT2D eigenvalue weighted by Gasteiger charge is -2.30. The van der Waals surface area contributed by atoms with Crippen LogP contribution in [0.3, 0.4) is 0 Å². The minimum Gasteiger partial charge on any atom is -0.378 e. The molecule has 0 spiro atoms. The van der Waals surface area contributed by atoms with Crippen molar-refractivity contribution in [3.8, 4) is 6.07 Å². The zero-order valence-corrected chi connectivity index (χ0v) is 10.3. The van der Waals surface area contributed by atoms with Gasteiger partial charge in [-0.05, 0) is 0 Å². The highest BCUT2D eigenvalue weighted by Crippen LogP contribution is 2.15. The van der Waals surface area contributed by atoms with Crippen molar-refractivity contribution < 1.29 is 4.74 Å². The van der Waals surface area contributed by atoms with E-state index < -0.39 is 11.2 Å². The molecule has 7 heteroatoms. The largest absolute Gasteiger partial charge is 0.378 e. The van der Waals surface area contributed by atoms with Crippen LogP contribution in [0, 0.1) is 11.3 Å². The van der Waals surface area contributed by atoms with Crippen molar-refractivity contribution in [3.63, 3.8) is 0 Å². The molecule has 2 rings (SSSR count). The third-order valence-corrected chi connectivity index (χ3v) is 3.06. The van der Waals surface area contributed by atoms with Crippen LogP contribution in [0.5, 0.6) is 0 Å². The van der Waals surface area contributed by atoms with Gasteiger partial charge in [0.2, 0.25) is 0 Å². The first-order valence-corrected chi connectivity index (χ1v) is 5.60. The SMILES string of the molecule is Cn1c(N2CCOCC2)c(C#N)c(=O)n(C)c1=O. The first kappa shape index (κ1) is 12.4. The third-order valence-electron chi connectivity index (χ3n) is 3.06. The first-order valence-electron chi connectivity index (χ1n) is 5.60. The van der Waals surface area contributed by atoms with Crippen molar-refractivity contribution in [1.29, 1.82) is 5.26 Å². The fourth-order valence-corrected chi connectivity index (χ4v) is 2.08. The molecule has 1 aliphatic heterocycles. The maximum Gasteiger partial charge on any atom is 0.332 e. The van der Waals surface area contributed by atoms with Gasteiger partial charge < -0.3 is 9.64 Å². The molecule has 96 valence electrons. The van der Waals surface area contributed by atoms with Gasteiger partial charge in [0.15, 0.2) is 5.56 Å². The molecule has 7 nitrogen and oxygen atoms in total. The molecule has 1 aliphatic rings. The Bertz CT molecular complexity index is 617. The molecular formula is C11H14N4O3. The molecule has 0 unspecified atom stereocenters. The van der Waals surface area contributed by atoms with Gasteiger partial charge in [-0.25, -0.2) is 4.79 Å². The number of nitrogens with zero attached hydrogens (tertiary/aromatic N) is 4. The number of hydrogen-bond acceptors (Lipinski definition) is 5. The molecule has 0 bridgehead atoms. The average molecular weight is 250 g/mol. The Morgan fingerprint density at radius 3 is 2.33 bits per heavy atom. The van der Waals surface area contributed by atoms with Crippen molar-refractivity contribution in [2.75, 3.05) is 31.2 Å². The molecule has 0 atom stereocenters. The van der Waals surface area contributed by atoms with Crippen molar-refractivity contribution >= 4 is 5.82 Å². The van der Waals surface area contributed by atoms with Gasteiger partial charge in [-0.1, -0.05) is 0 Å². The summed E-state index contributed by atoms with van der Waals surface area (Å²) in [5, 5.41) is 9.13. The van der Waals surface area contributed by atoms with E-state index in [0.717, 1.165) is 4.57 Å². The standard InChI is InChI=1S/C11H14N4O3/c1-13-9(15-3-5-18-6-4-15)8(7-12)10(16)14(2)11(13)17/h3-6H2,1-2H3. The van der Waals surface area contributed by atoms with Crippen LogP contribution in [0.4, 0.5) is 5.82 Å². The molecule has 2 heterocycles. The zero-order valence-electron chi connectivity index (χ0n) is 10.3. The summed E-state index contributed by atoms with van der Waals surface area (Å²) in [5.41, 5.74) is -0.982. The molecule has 0 amide bonds. The highest BCUT2D eigenvalue weighted by Gasteiger charge is 2.22. The number of hydrogen-bond donors (Lipinski definition) is 0. The Labute approximate surface area is 103 Å². The maximum atomic E-state index is 11.9. The minimum atomic E-state index is -0.554. The number of morpholine rings is 1. The molecule has 0 radical (unpaired) electrons. The second kappa shape index (κ2) is 4.66. The summed E-state index contributed by atoms with van der Waals surface area (Å²) in [4.78, 5) is 25.6. The van der Waals surface area contributed by atoms with E-state index in [-0.39, 0.29) is 5.56 Å². The lowest BCUT2D eigenvalue weighted by molar-refractivity contribution is 0.122. The summed E-state index contributed by atoms with van der Waals surface area (Å²) in [5.74, 6) is 0.383. The molecule has 0 N–H and O–H groups in total. The van der Waals surface area contributed by atoms with E-state index in [9.17, 15) is 9.59 Å². The smallest absolute Gasteiger partial charge is 0.332 e. The zero-order chi connectivity index (χ0) is 13.3. The van der Waals surface area contributed by atoms with E-state index in [1.54, 1.807) is 7.05 Å². The summed E-state index contributed by atoms with van der Waals surface area (Å²) in [6, 6.07) is 1.89. The van der Waals surface area contributed by atoms with Gasteiger partial charge in [0.05, 0.1) is 13.2 Å². The van der Waals surface area contributed by atoms with E-state index in [0.29, 0.717) is 32.1 Å². The normalized spacial score (nSPS) is 15.5. The Kier molecular flexibility index (Phi) is 3.21. The number of anilines is 1. The maximum absolute atomic E-state index is 11.9. The van der Waals surface area contributed by atoms with Gasteiger partial charge in [0, 0.05) is 27.2 Å². The van der Waals surface area contributed by atoms with Gasteiger partial charge in [-0.15, -0.1) is 0 Å². The Balaban J connectivity index is 2.69. The summed E-state index contributed by atoms with van der Waals surface area (Å²) in [6.45, 7) is 2.17. The van der Waals surface area contributed by atoms with Gasteiger partial charge >= 0.3 is 5.69 Å². The molecule has 1 fully saturated rings. The predicted octanol–water partition coefficient (Wildman–Crippen LogP) is -1.21. The van der Waals surface area contributed by atoms with Crippen molar-refractivity contribution in [1.82, 2.24) is 9.13 Å². The molecule has 1 saturated heterocycles. The lowest BCUT2D eigenvalue weighted by atomic mass is 10.2. The minimum absolute atomic E-state index is 0.00139. The van der Waals surface area contributed by atoms with Crippen LogP contribution in [0.1, 0.15) is 5.56 Å². The van der Waals surface area contributed by atoms with Crippen LogP contribution in [0.2, 0.25) is 0 Å². The monoisotopic (exact) mass is 250 g/mol. The second-order valence-corrected chi connectivity index (χ2v) is 4.12. The van der Waals surface area contributed by atoms with Gasteiger partial charge in [-0.2, -0.15) is 5.26 Å². The molecule has 0 saturated carbocycles. The van der Waals surface area contributed by atoms with Crippen LogP contribution < -0.4 is 16.1 Å². The van der Waals surface area contributed by atoms with Crippen molar-refractivity contribution in [3.05, 3.63) is 26.4 Å². The Morgan fingerprint density at radius 1 is 1.17 bits per heavy atom. The average Bonchev–Trinajstić information content (AvgIpc) is 2.41. The van der Waals surface area contributed by atoms with E-state index >= 15 is 0 Å². The van der Waals surface area contributed by atoms with Crippen LogP contribution in [-0.4, -0.2) is 35.4 Å². The quantitative estimate of drug-likeness (QED) is 0.625. The molecule has 18 heavy (non-hydrogen) atoms. The van der Waals surface area contributed by atoms with Crippen LogP contribution >= 0.6 is 0 Å². The number of rotatable bonds is 1. The van der Waals surface area contributed by atoms with E-state index in [1.807, 2.05) is 11.0 Å². The first-order chi connectivity index (χ1) is 8.57. The van der Waals surface area contributed by atoms with E-state index in [2.05, 4.69) is 0 Å². The second-order valence-electron chi connectivity index (χ2n) is 4.12. The number of ether oxygens (including phenoxy) is 1. The van der Waals surface area contributed by atoms with Crippen molar-refractivity contribution in [2.24, 2.45) is 14.1 Å².